The van der Waals surface area contributed by atoms with Crippen LogP contribution in [0.4, 0.5) is 0 Å². The molecule has 100 valence electrons. The van der Waals surface area contributed by atoms with E-state index in [0.717, 1.165) is 0 Å². The molecule has 0 aromatic carbocycles. The first-order chi connectivity index (χ1) is 8.58. The first-order valence-electron chi connectivity index (χ1n) is 5.57. The predicted molar refractivity (Wildman–Crippen MR) is 62.6 cm³/mol. The van der Waals surface area contributed by atoms with Crippen molar-refractivity contribution in [2.45, 2.75) is 25.4 Å². The van der Waals surface area contributed by atoms with E-state index >= 15 is 0 Å². The number of H-pyrrole nitrogens is 1. The lowest BCUT2D eigenvalue weighted by Crippen LogP contribution is -2.39. The summed E-state index contributed by atoms with van der Waals surface area (Å²) < 4.78 is 17.4. The topological polar surface area (TPSA) is 82.6 Å². The maximum atomic E-state index is 11.8. The SMILES string of the molecule is CO[C@H]1[C@H](n2cc(C)c(=O)[nH]c2=O)OC[C@H]1OC. The molecule has 1 aliphatic heterocycles. The van der Waals surface area contributed by atoms with Crippen molar-refractivity contribution in [2.24, 2.45) is 0 Å². The van der Waals surface area contributed by atoms with Crippen molar-refractivity contribution < 1.29 is 14.2 Å². The Kier molecular flexibility index (Phi) is 3.65. The number of nitrogens with one attached hydrogen (secondary N) is 1. The normalized spacial score (nSPS) is 27.6. The second-order valence-corrected chi connectivity index (χ2v) is 4.18. The summed E-state index contributed by atoms with van der Waals surface area (Å²) >= 11 is 0. The van der Waals surface area contributed by atoms with Gasteiger partial charge in [0.1, 0.15) is 12.2 Å². The summed E-state index contributed by atoms with van der Waals surface area (Å²) in [6.45, 7) is 1.96. The van der Waals surface area contributed by atoms with Crippen LogP contribution in [-0.4, -0.2) is 42.6 Å². The molecule has 3 atom stereocenters. The molecule has 18 heavy (non-hydrogen) atoms. The van der Waals surface area contributed by atoms with Crippen molar-refractivity contribution in [3.05, 3.63) is 32.6 Å². The van der Waals surface area contributed by atoms with Gasteiger partial charge in [-0.2, -0.15) is 0 Å². The number of methoxy groups -OCH3 is 2. The summed E-state index contributed by atoms with van der Waals surface area (Å²) in [4.78, 5) is 25.3. The fourth-order valence-electron chi connectivity index (χ4n) is 2.05. The van der Waals surface area contributed by atoms with E-state index in [4.69, 9.17) is 14.2 Å². The maximum absolute atomic E-state index is 11.8. The molecule has 2 heterocycles. The fraction of sp³-hybridized carbons (Fsp3) is 0.636. The Bertz CT molecular complexity index is 535. The molecule has 7 heteroatoms. The molecule has 0 saturated carbocycles. The van der Waals surface area contributed by atoms with Gasteiger partial charge in [-0.1, -0.05) is 0 Å². The molecule has 1 fully saturated rings. The molecule has 0 bridgehead atoms. The molecule has 1 aliphatic rings. The van der Waals surface area contributed by atoms with E-state index in [2.05, 4.69) is 4.98 Å². The van der Waals surface area contributed by atoms with Crippen LogP contribution in [0, 0.1) is 6.92 Å². The number of rotatable bonds is 3. The average molecular weight is 256 g/mol. The Balaban J connectivity index is 2.40. The number of ether oxygens (including phenoxy) is 3. The number of aryl methyl sites for hydroxylation is 1. The van der Waals surface area contributed by atoms with E-state index in [9.17, 15) is 9.59 Å². The monoisotopic (exact) mass is 256 g/mol. The van der Waals surface area contributed by atoms with Crippen LogP contribution >= 0.6 is 0 Å². The van der Waals surface area contributed by atoms with Gasteiger partial charge in [-0.05, 0) is 6.92 Å². The highest BCUT2D eigenvalue weighted by molar-refractivity contribution is 5.02. The molecule has 7 nitrogen and oxygen atoms in total. The van der Waals surface area contributed by atoms with Crippen LogP contribution in [0.15, 0.2) is 15.8 Å². The standard InChI is InChI=1S/C11H16N2O5/c1-6-4-13(11(15)12-9(6)14)10-8(17-3)7(16-2)5-18-10/h4,7-8,10H,5H2,1-3H3,(H,12,14,15)/t7-,8-,10-/m1/s1. The zero-order chi connectivity index (χ0) is 13.3. The molecule has 0 amide bonds. The van der Waals surface area contributed by atoms with E-state index in [-0.39, 0.29) is 6.10 Å². The third-order valence-corrected chi connectivity index (χ3v) is 3.07. The van der Waals surface area contributed by atoms with Gasteiger partial charge in [0, 0.05) is 26.0 Å². The minimum atomic E-state index is -0.594. The largest absolute Gasteiger partial charge is 0.376 e. The second-order valence-electron chi connectivity index (χ2n) is 4.18. The van der Waals surface area contributed by atoms with Crippen LogP contribution in [-0.2, 0) is 14.2 Å². The highest BCUT2D eigenvalue weighted by Gasteiger charge is 2.39. The van der Waals surface area contributed by atoms with Crippen molar-refractivity contribution >= 4 is 0 Å². The Morgan fingerprint density at radius 2 is 2.11 bits per heavy atom. The number of aromatic nitrogens is 2. The van der Waals surface area contributed by atoms with Gasteiger partial charge in [-0.15, -0.1) is 0 Å². The molecule has 1 saturated heterocycles. The molecular weight excluding hydrogens is 240 g/mol. The summed E-state index contributed by atoms with van der Waals surface area (Å²) in [5, 5.41) is 0. The van der Waals surface area contributed by atoms with Crippen molar-refractivity contribution in [3.8, 4) is 0 Å². The molecule has 0 aliphatic carbocycles. The van der Waals surface area contributed by atoms with Crippen molar-refractivity contribution in [3.63, 3.8) is 0 Å². The van der Waals surface area contributed by atoms with Gasteiger partial charge in [0.2, 0.25) is 0 Å². The predicted octanol–water partition coefficient (Wildman–Crippen LogP) is -0.596. The summed E-state index contributed by atoms with van der Waals surface area (Å²) in [6.07, 6.45) is 0.246. The van der Waals surface area contributed by atoms with Gasteiger partial charge >= 0.3 is 5.69 Å². The van der Waals surface area contributed by atoms with Gasteiger partial charge in [-0.3, -0.25) is 14.3 Å². The van der Waals surface area contributed by atoms with Gasteiger partial charge in [0.15, 0.2) is 6.23 Å². The van der Waals surface area contributed by atoms with Gasteiger partial charge in [-0.25, -0.2) is 4.79 Å². The van der Waals surface area contributed by atoms with Crippen LogP contribution in [0.5, 0.6) is 0 Å². The Labute approximate surface area is 103 Å². The smallest absolute Gasteiger partial charge is 0.330 e. The quantitative estimate of drug-likeness (QED) is 0.781. The van der Waals surface area contributed by atoms with Crippen LogP contribution in [0.2, 0.25) is 0 Å². The first-order valence-corrected chi connectivity index (χ1v) is 5.57. The lowest BCUT2D eigenvalue weighted by Gasteiger charge is -2.22. The Morgan fingerprint density at radius 3 is 2.72 bits per heavy atom. The van der Waals surface area contributed by atoms with Crippen molar-refractivity contribution in [1.29, 1.82) is 0 Å². The minimum Gasteiger partial charge on any atom is -0.376 e. The van der Waals surface area contributed by atoms with Crippen molar-refractivity contribution in [1.82, 2.24) is 9.55 Å². The number of hydrogen-bond acceptors (Lipinski definition) is 5. The lowest BCUT2D eigenvalue weighted by molar-refractivity contribution is -0.0524. The lowest BCUT2D eigenvalue weighted by atomic mass is 10.2. The summed E-state index contributed by atoms with van der Waals surface area (Å²) in [6, 6.07) is 0. The molecule has 0 radical (unpaired) electrons. The molecule has 1 aromatic heterocycles. The van der Waals surface area contributed by atoms with Crippen LogP contribution in [0.3, 0.4) is 0 Å². The van der Waals surface area contributed by atoms with E-state index in [1.54, 1.807) is 14.0 Å². The molecular formula is C11H16N2O5. The Morgan fingerprint density at radius 1 is 1.39 bits per heavy atom. The van der Waals surface area contributed by atoms with Crippen LogP contribution in [0.1, 0.15) is 11.8 Å². The number of aromatic amines is 1. The van der Waals surface area contributed by atoms with Crippen molar-refractivity contribution in [2.75, 3.05) is 20.8 Å². The third-order valence-electron chi connectivity index (χ3n) is 3.07. The van der Waals surface area contributed by atoms with Gasteiger partial charge in [0.25, 0.3) is 5.56 Å². The second kappa shape index (κ2) is 5.05. The summed E-state index contributed by atoms with van der Waals surface area (Å²) in [7, 11) is 3.09. The highest BCUT2D eigenvalue weighted by atomic mass is 16.6. The minimum absolute atomic E-state index is 0.237. The first kappa shape index (κ1) is 13.0. The van der Waals surface area contributed by atoms with E-state index in [0.29, 0.717) is 12.2 Å². The summed E-state index contributed by atoms with van der Waals surface area (Å²) in [5.41, 5.74) is -0.477. The van der Waals surface area contributed by atoms with Gasteiger partial charge in [0.05, 0.1) is 6.61 Å². The van der Waals surface area contributed by atoms with Crippen LogP contribution in [0.25, 0.3) is 0 Å². The van der Waals surface area contributed by atoms with Crippen LogP contribution < -0.4 is 11.2 Å². The number of hydrogen-bond donors (Lipinski definition) is 1. The van der Waals surface area contributed by atoms with E-state index in [1.165, 1.54) is 17.9 Å². The zero-order valence-corrected chi connectivity index (χ0v) is 10.5. The molecule has 0 unspecified atom stereocenters. The molecule has 1 N–H and O–H groups in total. The Hall–Kier alpha value is -1.44. The fourth-order valence-corrected chi connectivity index (χ4v) is 2.05. The maximum Gasteiger partial charge on any atom is 0.330 e. The molecule has 0 spiro atoms. The van der Waals surface area contributed by atoms with E-state index in [1.807, 2.05) is 0 Å². The van der Waals surface area contributed by atoms with Gasteiger partial charge < -0.3 is 14.2 Å². The summed E-state index contributed by atoms with van der Waals surface area (Å²) in [5.74, 6) is 0. The average Bonchev–Trinajstić information content (AvgIpc) is 2.76. The number of nitrogens with zero attached hydrogens (tertiary/aromatic N) is 1. The van der Waals surface area contributed by atoms with E-state index < -0.39 is 23.6 Å². The molecule has 1 aromatic rings. The molecule has 2 rings (SSSR count). The third kappa shape index (κ3) is 2.12. The zero-order valence-electron chi connectivity index (χ0n) is 10.5. The highest BCUT2D eigenvalue weighted by Crippen LogP contribution is 2.26.